The molecule has 8 nitrogen and oxygen atoms in total. The topological polar surface area (TPSA) is 102 Å². The number of piperidine rings is 1. The molecular weight excluding hydrogens is 412 g/mol. The number of methoxy groups -OCH3 is 1. The number of benzene rings is 1. The van der Waals surface area contributed by atoms with Crippen LogP contribution in [0.3, 0.4) is 0 Å². The molecule has 3 atom stereocenters. The van der Waals surface area contributed by atoms with Crippen molar-refractivity contribution in [2.45, 2.75) is 25.9 Å². The Morgan fingerprint density at radius 2 is 1.97 bits per heavy atom. The van der Waals surface area contributed by atoms with E-state index in [4.69, 9.17) is 4.74 Å². The number of aromatic nitrogens is 2. The zero-order valence-corrected chi connectivity index (χ0v) is 18.1. The first-order chi connectivity index (χ1) is 13.8. The van der Waals surface area contributed by atoms with Gasteiger partial charge in [0.2, 0.25) is 5.91 Å². The van der Waals surface area contributed by atoms with E-state index in [1.165, 1.54) is 0 Å². The fourth-order valence-electron chi connectivity index (χ4n) is 4.22. The maximum absolute atomic E-state index is 13.4. The summed E-state index contributed by atoms with van der Waals surface area (Å²) in [7, 11) is -1.04. The van der Waals surface area contributed by atoms with Crippen LogP contribution in [0.25, 0.3) is 11.0 Å². The number of amides is 2. The molecule has 156 valence electrons. The van der Waals surface area contributed by atoms with Gasteiger partial charge in [0, 0.05) is 37.3 Å². The first-order valence-electron chi connectivity index (χ1n) is 9.65. The second kappa shape index (κ2) is 8.08. The highest BCUT2D eigenvalue weighted by Gasteiger charge is 2.38. The van der Waals surface area contributed by atoms with Gasteiger partial charge in [-0.05, 0) is 43.4 Å². The second-order valence-electron chi connectivity index (χ2n) is 7.99. The minimum absolute atomic E-state index is 0.0700. The second-order valence-corrected chi connectivity index (χ2v) is 10.9. The molecule has 2 saturated heterocycles. The van der Waals surface area contributed by atoms with E-state index in [1.54, 1.807) is 25.3 Å². The van der Waals surface area contributed by atoms with Gasteiger partial charge in [0.25, 0.3) is 5.91 Å². The maximum Gasteiger partial charge on any atom is 0.285 e. The Balaban J connectivity index is 1.48. The van der Waals surface area contributed by atoms with Crippen LogP contribution in [-0.4, -0.2) is 67.5 Å². The van der Waals surface area contributed by atoms with Gasteiger partial charge >= 0.3 is 0 Å². The van der Waals surface area contributed by atoms with E-state index in [-0.39, 0.29) is 23.8 Å². The molecule has 4 rings (SSSR count). The molecule has 2 bridgehead atoms. The van der Waals surface area contributed by atoms with Crippen molar-refractivity contribution >= 4 is 44.3 Å². The van der Waals surface area contributed by atoms with Crippen molar-refractivity contribution in [1.29, 1.82) is 0 Å². The monoisotopic (exact) mass is 436 g/mol. The van der Waals surface area contributed by atoms with Crippen LogP contribution in [0.2, 0.25) is 0 Å². The molecule has 1 aromatic carbocycles. The molecule has 2 aromatic rings. The Morgan fingerprint density at radius 3 is 2.66 bits per heavy atom. The Morgan fingerprint density at radius 1 is 1.28 bits per heavy atom. The van der Waals surface area contributed by atoms with Crippen LogP contribution in [0.4, 0.5) is 0 Å². The molecule has 2 fully saturated rings. The summed E-state index contributed by atoms with van der Waals surface area (Å²) in [6.07, 6.45) is 1.16. The van der Waals surface area contributed by atoms with Gasteiger partial charge in [0.1, 0.15) is 11.0 Å². The Kier molecular flexibility index (Phi) is 5.67. The molecule has 2 amide bonds. The Hall–Kier alpha value is -1.91. The smallest absolute Gasteiger partial charge is 0.285 e. The maximum atomic E-state index is 13.4. The van der Waals surface area contributed by atoms with Crippen LogP contribution in [0.5, 0.6) is 0 Å². The van der Waals surface area contributed by atoms with E-state index >= 15 is 0 Å². The van der Waals surface area contributed by atoms with Crippen molar-refractivity contribution < 1.29 is 18.5 Å². The van der Waals surface area contributed by atoms with E-state index in [9.17, 15) is 13.8 Å². The molecule has 0 spiro atoms. The van der Waals surface area contributed by atoms with Crippen LogP contribution in [0, 0.1) is 11.8 Å². The van der Waals surface area contributed by atoms with Crippen molar-refractivity contribution in [2.75, 3.05) is 31.7 Å². The van der Waals surface area contributed by atoms with Gasteiger partial charge in [0.15, 0.2) is 0 Å². The summed E-state index contributed by atoms with van der Waals surface area (Å²) >= 11 is 1.09. The third kappa shape index (κ3) is 4.49. The molecule has 29 heavy (non-hydrogen) atoms. The summed E-state index contributed by atoms with van der Waals surface area (Å²) in [5.41, 5.74) is 1.76. The summed E-state index contributed by atoms with van der Waals surface area (Å²) in [4.78, 5) is 27.0. The molecule has 10 heteroatoms. The first kappa shape index (κ1) is 20.4. The minimum atomic E-state index is -2.63. The summed E-state index contributed by atoms with van der Waals surface area (Å²) in [5.74, 6) is 0.545. The molecule has 0 radical (unpaired) electrons. The molecule has 2 aliphatic heterocycles. The molecule has 3 unspecified atom stereocenters. The van der Waals surface area contributed by atoms with E-state index in [0.29, 0.717) is 42.1 Å². The van der Waals surface area contributed by atoms with E-state index in [0.717, 1.165) is 23.7 Å². The van der Waals surface area contributed by atoms with E-state index in [1.807, 2.05) is 11.8 Å². The average molecular weight is 437 g/mol. The predicted molar refractivity (Wildman–Crippen MR) is 111 cm³/mol. The van der Waals surface area contributed by atoms with E-state index < -0.39 is 15.6 Å². The standard InChI is InChI=1S/C19H24N4O4S2/c1-12(27-2)5-18(24)23-8-13-6-14(9-23)11-29(26,10-13)22-19(25)15-3-4-16-17(7-15)21-28-20-16/h3-4,7,12-14H,5-6,8-11H2,1-2H3. The van der Waals surface area contributed by atoms with Crippen LogP contribution in [0.15, 0.2) is 22.6 Å². The normalized spacial score (nSPS) is 27.6. The number of hydrogen-bond acceptors (Lipinski definition) is 7. The molecule has 1 aromatic heterocycles. The predicted octanol–water partition coefficient (Wildman–Crippen LogP) is 2.20. The number of ether oxygens (including phenoxy) is 1. The van der Waals surface area contributed by atoms with Crippen molar-refractivity contribution in [3.63, 3.8) is 0 Å². The summed E-state index contributed by atoms with van der Waals surface area (Å²) in [6.45, 7) is 3.02. The van der Waals surface area contributed by atoms with Gasteiger partial charge in [-0.2, -0.15) is 13.1 Å². The third-order valence-corrected chi connectivity index (χ3v) is 8.62. The van der Waals surface area contributed by atoms with Crippen molar-refractivity contribution in [1.82, 2.24) is 13.6 Å². The fourth-order valence-corrected chi connectivity index (χ4v) is 7.39. The van der Waals surface area contributed by atoms with Crippen LogP contribution >= 0.6 is 11.7 Å². The summed E-state index contributed by atoms with van der Waals surface area (Å²) in [6, 6.07) is 5.03. The molecule has 3 heterocycles. The SMILES string of the molecule is COC(C)CC(=O)N1CC2CC(C1)CS(=O)(=NC(=O)c1ccc3nsnc3c1)C2. The number of carbonyl (C=O) groups is 2. The number of fused-ring (bicyclic) bond motifs is 3. The van der Waals surface area contributed by atoms with Gasteiger partial charge < -0.3 is 9.64 Å². The minimum Gasteiger partial charge on any atom is -0.381 e. The summed E-state index contributed by atoms with van der Waals surface area (Å²) < 4.78 is 31.0. The Bertz CT molecular complexity index is 1040. The highest BCUT2D eigenvalue weighted by molar-refractivity contribution is 7.94. The zero-order chi connectivity index (χ0) is 20.6. The fraction of sp³-hybridized carbons (Fsp3) is 0.579. The Labute approximate surface area is 174 Å². The van der Waals surface area contributed by atoms with Crippen molar-refractivity contribution in [2.24, 2.45) is 16.2 Å². The van der Waals surface area contributed by atoms with Gasteiger partial charge in [-0.15, -0.1) is 0 Å². The average Bonchev–Trinajstić information content (AvgIpc) is 3.14. The van der Waals surface area contributed by atoms with Gasteiger partial charge in [-0.25, -0.2) is 4.21 Å². The number of nitrogens with zero attached hydrogens (tertiary/aromatic N) is 4. The number of carbonyl (C=O) groups excluding carboxylic acids is 2. The molecule has 0 aliphatic carbocycles. The lowest BCUT2D eigenvalue weighted by atomic mass is 9.90. The molecular formula is C19H24N4O4S2. The number of rotatable bonds is 4. The molecule has 2 aliphatic rings. The van der Waals surface area contributed by atoms with Gasteiger partial charge in [-0.1, -0.05) is 0 Å². The highest BCUT2D eigenvalue weighted by atomic mass is 32.2. The van der Waals surface area contributed by atoms with Crippen molar-refractivity contribution in [3.05, 3.63) is 23.8 Å². The third-order valence-electron chi connectivity index (χ3n) is 5.58. The lowest BCUT2D eigenvalue weighted by Gasteiger charge is -2.42. The number of likely N-dealkylation sites (tertiary alicyclic amines) is 1. The zero-order valence-electron chi connectivity index (χ0n) is 16.4. The quantitative estimate of drug-likeness (QED) is 0.728. The van der Waals surface area contributed by atoms with Crippen molar-refractivity contribution in [3.8, 4) is 0 Å². The van der Waals surface area contributed by atoms with Crippen LogP contribution in [-0.2, 0) is 19.3 Å². The van der Waals surface area contributed by atoms with E-state index in [2.05, 4.69) is 13.1 Å². The lowest BCUT2D eigenvalue weighted by Crippen LogP contribution is -2.51. The largest absolute Gasteiger partial charge is 0.381 e. The number of hydrogen-bond donors (Lipinski definition) is 0. The lowest BCUT2D eigenvalue weighted by molar-refractivity contribution is -0.136. The van der Waals surface area contributed by atoms with Gasteiger partial charge in [0.05, 0.1) is 34.0 Å². The van der Waals surface area contributed by atoms with Crippen LogP contribution < -0.4 is 0 Å². The first-order valence-corrected chi connectivity index (χ1v) is 12.2. The molecule has 0 saturated carbocycles. The van der Waals surface area contributed by atoms with Gasteiger partial charge in [-0.3, -0.25) is 9.59 Å². The molecule has 0 N–H and O–H groups in total. The summed E-state index contributed by atoms with van der Waals surface area (Å²) in [5, 5.41) is 0. The highest BCUT2D eigenvalue weighted by Crippen LogP contribution is 2.32. The van der Waals surface area contributed by atoms with Crippen LogP contribution in [0.1, 0.15) is 30.1 Å².